The lowest BCUT2D eigenvalue weighted by molar-refractivity contribution is -0.122. The number of nitrogens with zero attached hydrogens (tertiary/aromatic N) is 2. The molecule has 8 nitrogen and oxygen atoms in total. The van der Waals surface area contributed by atoms with Crippen molar-refractivity contribution in [3.8, 4) is 0 Å². The van der Waals surface area contributed by atoms with Gasteiger partial charge in [-0.3, -0.25) is 14.4 Å². The van der Waals surface area contributed by atoms with Crippen LogP contribution in [0.15, 0.2) is 0 Å². The van der Waals surface area contributed by atoms with Crippen LogP contribution < -0.4 is 16.0 Å². The first-order valence-electron chi connectivity index (χ1n) is 26.1. The highest BCUT2D eigenvalue weighted by Gasteiger charge is 2.13. The predicted molar refractivity (Wildman–Crippen MR) is 256 cm³/mol. The number of likely N-dealkylation sites (N-methyl/N-ethyl adjacent to an activating group) is 1. The van der Waals surface area contributed by atoms with Crippen molar-refractivity contribution in [3.05, 3.63) is 0 Å². The first kappa shape index (κ1) is 57.3. The minimum Gasteiger partial charge on any atom is -0.356 e. The molecule has 0 radical (unpaired) electrons. The van der Waals surface area contributed by atoms with Crippen molar-refractivity contribution in [3.63, 3.8) is 0 Å². The van der Waals surface area contributed by atoms with E-state index in [1.165, 1.54) is 193 Å². The topological polar surface area (TPSA) is 93.8 Å². The van der Waals surface area contributed by atoms with Gasteiger partial charge in [0.2, 0.25) is 17.7 Å². The molecule has 0 bridgehead atoms. The molecule has 0 aromatic rings. The Balaban J connectivity index is 4.39. The van der Waals surface area contributed by atoms with Gasteiger partial charge in [0.15, 0.2) is 0 Å². The number of unbranched alkanes of at least 4 members (excludes halogenated alkanes) is 30. The Bertz CT molecular complexity index is 859. The van der Waals surface area contributed by atoms with Gasteiger partial charge in [0.05, 0.1) is 0 Å². The summed E-state index contributed by atoms with van der Waals surface area (Å²) in [6, 6.07) is 0. The second kappa shape index (κ2) is 47.4. The molecular weight excluding hydrogens is 731 g/mol. The summed E-state index contributed by atoms with van der Waals surface area (Å²) < 4.78 is 0. The van der Waals surface area contributed by atoms with Gasteiger partial charge in [0.1, 0.15) is 0 Å². The third kappa shape index (κ3) is 45.7. The first-order valence-corrected chi connectivity index (χ1v) is 26.1. The molecule has 0 aromatic carbocycles. The maximum absolute atomic E-state index is 12.8. The van der Waals surface area contributed by atoms with Crippen LogP contribution in [0.1, 0.15) is 252 Å². The number of carbonyl (C=O) groups excluding carboxylic acids is 3. The van der Waals surface area contributed by atoms with Crippen LogP contribution in [-0.4, -0.2) is 86.9 Å². The summed E-state index contributed by atoms with van der Waals surface area (Å²) in [4.78, 5) is 42.6. The van der Waals surface area contributed by atoms with Gasteiger partial charge in [-0.15, -0.1) is 0 Å². The number of rotatable bonds is 48. The van der Waals surface area contributed by atoms with Crippen LogP contribution in [0, 0.1) is 0 Å². The Morgan fingerprint density at radius 3 is 0.814 bits per heavy atom. The molecule has 0 aliphatic heterocycles. The Hall–Kier alpha value is -1.67. The first-order chi connectivity index (χ1) is 28.9. The van der Waals surface area contributed by atoms with E-state index in [1.807, 2.05) is 0 Å². The second-order valence-corrected chi connectivity index (χ2v) is 18.1. The van der Waals surface area contributed by atoms with Gasteiger partial charge in [-0.05, 0) is 26.3 Å². The van der Waals surface area contributed by atoms with Crippen molar-refractivity contribution in [1.82, 2.24) is 25.8 Å². The Labute approximate surface area is 368 Å². The van der Waals surface area contributed by atoms with Crippen molar-refractivity contribution in [2.24, 2.45) is 0 Å². The summed E-state index contributed by atoms with van der Waals surface area (Å²) in [7, 11) is 2.07. The lowest BCUT2D eigenvalue weighted by atomic mass is 10.1. The molecule has 0 aliphatic rings. The normalized spacial score (nSPS) is 11.5. The monoisotopic (exact) mass is 834 g/mol. The molecule has 0 aliphatic carbocycles. The predicted octanol–water partition coefficient (Wildman–Crippen LogP) is 12.7. The summed E-state index contributed by atoms with van der Waals surface area (Å²) in [5, 5.41) is 9.40. The molecule has 3 N–H and O–H groups in total. The zero-order chi connectivity index (χ0) is 43.1. The molecule has 0 spiro atoms. The van der Waals surface area contributed by atoms with E-state index >= 15 is 0 Å². The van der Waals surface area contributed by atoms with Crippen LogP contribution >= 0.6 is 0 Å². The molecule has 0 rings (SSSR count). The smallest absolute Gasteiger partial charge is 0.221 e. The van der Waals surface area contributed by atoms with Gasteiger partial charge in [0.25, 0.3) is 0 Å². The zero-order valence-electron chi connectivity index (χ0n) is 40.2. The molecule has 3 amide bonds. The summed E-state index contributed by atoms with van der Waals surface area (Å²) in [6.07, 6.45) is 44.5. The molecule has 0 fully saturated rings. The highest BCUT2D eigenvalue weighted by Crippen LogP contribution is 2.13. The van der Waals surface area contributed by atoms with Crippen LogP contribution in [0.25, 0.3) is 0 Å². The molecular formula is C51H103N5O3. The van der Waals surface area contributed by atoms with E-state index in [0.29, 0.717) is 38.9 Å². The van der Waals surface area contributed by atoms with Gasteiger partial charge < -0.3 is 25.8 Å². The minimum atomic E-state index is 0.103. The van der Waals surface area contributed by atoms with E-state index in [4.69, 9.17) is 0 Å². The standard InChI is InChI=1S/C51H103N5O3/c1-5-8-11-14-17-20-23-26-29-32-35-41-52-49(57)38-44-55(4)47-48-56(45-39-50(58)53-42-36-33-30-27-24-21-18-15-12-9-6-2)46-40-51(59)54-43-37-34-31-28-25-22-19-16-13-10-7-3/h5-48H2,1-4H3,(H,52,57)(H,53,58)(H,54,59). The van der Waals surface area contributed by atoms with Gasteiger partial charge >= 0.3 is 0 Å². The van der Waals surface area contributed by atoms with E-state index in [2.05, 4.69) is 53.6 Å². The summed E-state index contributed by atoms with van der Waals surface area (Å²) in [5.41, 5.74) is 0. The lowest BCUT2D eigenvalue weighted by Crippen LogP contribution is -2.39. The lowest BCUT2D eigenvalue weighted by Gasteiger charge is -2.25. The number of nitrogens with one attached hydrogen (secondary N) is 3. The average Bonchev–Trinajstić information content (AvgIpc) is 3.23. The van der Waals surface area contributed by atoms with Crippen LogP contribution in [0.5, 0.6) is 0 Å². The van der Waals surface area contributed by atoms with Gasteiger partial charge in [0, 0.05) is 71.6 Å². The molecule has 8 heteroatoms. The molecule has 350 valence electrons. The molecule has 0 heterocycles. The highest BCUT2D eigenvalue weighted by atomic mass is 16.2. The van der Waals surface area contributed by atoms with Gasteiger partial charge in [-0.25, -0.2) is 0 Å². The van der Waals surface area contributed by atoms with Crippen molar-refractivity contribution in [1.29, 1.82) is 0 Å². The zero-order valence-corrected chi connectivity index (χ0v) is 40.2. The van der Waals surface area contributed by atoms with E-state index in [0.717, 1.165) is 52.0 Å². The van der Waals surface area contributed by atoms with E-state index in [1.54, 1.807) is 0 Å². The largest absolute Gasteiger partial charge is 0.356 e. The Morgan fingerprint density at radius 1 is 0.305 bits per heavy atom. The SMILES string of the molecule is CCCCCCCCCCCCCNC(=O)CCN(C)CCN(CCC(=O)NCCCCCCCCCCCCC)CCC(=O)NCCCCCCCCCCCCC. The van der Waals surface area contributed by atoms with Gasteiger partial charge in [-0.1, -0.05) is 213 Å². The summed E-state index contributed by atoms with van der Waals surface area (Å²) in [5.74, 6) is 0.335. The fourth-order valence-electron chi connectivity index (χ4n) is 7.89. The molecule has 0 unspecified atom stereocenters. The van der Waals surface area contributed by atoms with E-state index in [9.17, 15) is 14.4 Å². The van der Waals surface area contributed by atoms with Crippen LogP contribution in [0.3, 0.4) is 0 Å². The number of hydrogen-bond donors (Lipinski definition) is 3. The molecule has 0 aromatic heterocycles. The molecule has 0 saturated carbocycles. The number of carbonyl (C=O) groups is 3. The van der Waals surface area contributed by atoms with Crippen molar-refractivity contribution in [2.45, 2.75) is 252 Å². The van der Waals surface area contributed by atoms with E-state index < -0.39 is 0 Å². The summed E-state index contributed by atoms with van der Waals surface area (Å²) >= 11 is 0. The van der Waals surface area contributed by atoms with E-state index in [-0.39, 0.29) is 17.7 Å². The van der Waals surface area contributed by atoms with Crippen molar-refractivity contribution < 1.29 is 14.4 Å². The molecule has 0 saturated heterocycles. The number of amides is 3. The van der Waals surface area contributed by atoms with Crippen molar-refractivity contribution >= 4 is 17.7 Å². The molecule has 0 atom stereocenters. The fraction of sp³-hybridized carbons (Fsp3) is 0.941. The number of hydrogen-bond acceptors (Lipinski definition) is 5. The highest BCUT2D eigenvalue weighted by molar-refractivity contribution is 5.77. The maximum Gasteiger partial charge on any atom is 0.221 e. The average molecular weight is 834 g/mol. The minimum absolute atomic E-state index is 0.103. The molecule has 59 heavy (non-hydrogen) atoms. The van der Waals surface area contributed by atoms with Gasteiger partial charge in [-0.2, -0.15) is 0 Å². The maximum atomic E-state index is 12.8. The Kier molecular flexibility index (Phi) is 46.0. The second-order valence-electron chi connectivity index (χ2n) is 18.1. The summed E-state index contributed by atoms with van der Waals surface area (Å²) in [6.45, 7) is 12.6. The van der Waals surface area contributed by atoms with Crippen molar-refractivity contribution in [2.75, 3.05) is 59.4 Å². The third-order valence-corrected chi connectivity index (χ3v) is 12.1. The quantitative estimate of drug-likeness (QED) is 0.0531. The third-order valence-electron chi connectivity index (χ3n) is 12.1. The van der Waals surface area contributed by atoms with Crippen LogP contribution in [0.4, 0.5) is 0 Å². The van der Waals surface area contributed by atoms with Crippen LogP contribution in [0.2, 0.25) is 0 Å². The fourth-order valence-corrected chi connectivity index (χ4v) is 7.89. The van der Waals surface area contributed by atoms with Crippen LogP contribution in [-0.2, 0) is 14.4 Å². The Morgan fingerprint density at radius 2 is 0.542 bits per heavy atom.